The molecule has 1 aliphatic rings. The number of fused-ring (bicyclic) bond motifs is 3. The molecule has 4 aromatic rings. The van der Waals surface area contributed by atoms with Crippen LogP contribution < -0.4 is 14.2 Å². The van der Waals surface area contributed by atoms with Crippen molar-refractivity contribution in [2.75, 3.05) is 21.3 Å². The zero-order valence-electron chi connectivity index (χ0n) is 20.0. The number of hydrogen-bond acceptors (Lipinski definition) is 4. The van der Waals surface area contributed by atoms with Crippen molar-refractivity contribution in [3.05, 3.63) is 107 Å². The molecule has 8 heteroatoms. The van der Waals surface area contributed by atoms with Crippen molar-refractivity contribution in [1.82, 2.24) is 9.47 Å². The van der Waals surface area contributed by atoms with Gasteiger partial charge in [0.15, 0.2) is 11.5 Å². The third-order valence-electron chi connectivity index (χ3n) is 6.34. The number of carbonyl (C=O) groups is 1. The van der Waals surface area contributed by atoms with Crippen LogP contribution in [0.25, 0.3) is 5.69 Å². The molecule has 36 heavy (non-hydrogen) atoms. The van der Waals surface area contributed by atoms with Crippen LogP contribution >= 0.6 is 0 Å². The summed E-state index contributed by atoms with van der Waals surface area (Å²) in [7, 11) is 4.42. The van der Waals surface area contributed by atoms with Crippen molar-refractivity contribution < 1.29 is 27.8 Å². The first kappa shape index (κ1) is 23.4. The summed E-state index contributed by atoms with van der Waals surface area (Å²) in [6, 6.07) is 17.1. The van der Waals surface area contributed by atoms with Gasteiger partial charge in [0.25, 0.3) is 5.91 Å². The van der Waals surface area contributed by atoms with Gasteiger partial charge >= 0.3 is 0 Å². The van der Waals surface area contributed by atoms with Crippen LogP contribution in [0.1, 0.15) is 33.2 Å². The van der Waals surface area contributed by atoms with Crippen LogP contribution in [0.5, 0.6) is 17.2 Å². The van der Waals surface area contributed by atoms with E-state index in [1.54, 1.807) is 17.0 Å². The second-order valence-corrected chi connectivity index (χ2v) is 8.38. The Balaban J connectivity index is 1.73. The molecule has 0 spiro atoms. The predicted octanol–water partition coefficient (Wildman–Crippen LogP) is 5.53. The lowest BCUT2D eigenvalue weighted by Gasteiger charge is -2.31. The number of nitrogens with zero attached hydrogens (tertiary/aromatic N) is 2. The fraction of sp³-hybridized carbons (Fsp3) is 0.179. The molecule has 1 aliphatic heterocycles. The van der Waals surface area contributed by atoms with E-state index >= 15 is 0 Å². The molecule has 6 nitrogen and oxygen atoms in total. The van der Waals surface area contributed by atoms with Crippen molar-refractivity contribution >= 4 is 5.91 Å². The van der Waals surface area contributed by atoms with E-state index in [0.29, 0.717) is 28.5 Å². The lowest BCUT2D eigenvalue weighted by molar-refractivity contribution is 0.0689. The molecule has 1 aromatic heterocycles. The number of carbonyl (C=O) groups excluding carboxylic acids is 1. The quantitative estimate of drug-likeness (QED) is 0.369. The molecule has 0 saturated heterocycles. The van der Waals surface area contributed by atoms with E-state index in [4.69, 9.17) is 14.2 Å². The number of para-hydroxylation sites is 1. The first-order chi connectivity index (χ1) is 17.4. The van der Waals surface area contributed by atoms with Crippen molar-refractivity contribution in [3.63, 3.8) is 0 Å². The van der Waals surface area contributed by atoms with Crippen LogP contribution in [-0.4, -0.2) is 36.7 Å². The smallest absolute Gasteiger partial charge is 0.255 e. The summed E-state index contributed by atoms with van der Waals surface area (Å²) in [5, 5.41) is 0. The summed E-state index contributed by atoms with van der Waals surface area (Å²) in [4.78, 5) is 15.8. The summed E-state index contributed by atoms with van der Waals surface area (Å²) >= 11 is 0. The molecule has 0 aliphatic carbocycles. The topological polar surface area (TPSA) is 52.9 Å². The Hall–Kier alpha value is -4.33. The van der Waals surface area contributed by atoms with Gasteiger partial charge in [-0.3, -0.25) is 4.79 Å². The second-order valence-electron chi connectivity index (χ2n) is 8.38. The minimum absolute atomic E-state index is 0.205. The summed E-state index contributed by atoms with van der Waals surface area (Å²) in [5.41, 5.74) is 3.07. The van der Waals surface area contributed by atoms with E-state index in [2.05, 4.69) is 0 Å². The molecule has 1 unspecified atom stereocenters. The monoisotopic (exact) mass is 490 g/mol. The highest BCUT2D eigenvalue weighted by molar-refractivity contribution is 5.96. The lowest BCUT2D eigenvalue weighted by Crippen LogP contribution is -2.35. The minimum Gasteiger partial charge on any atom is -0.493 e. The van der Waals surface area contributed by atoms with Crippen LogP contribution in [0.3, 0.4) is 0 Å². The molecule has 5 rings (SSSR count). The number of hydrogen-bond donors (Lipinski definition) is 0. The van der Waals surface area contributed by atoms with E-state index in [0.717, 1.165) is 17.3 Å². The predicted molar refractivity (Wildman–Crippen MR) is 130 cm³/mol. The fourth-order valence-corrected chi connectivity index (χ4v) is 4.79. The summed E-state index contributed by atoms with van der Waals surface area (Å²) < 4.78 is 47.0. The zero-order valence-corrected chi connectivity index (χ0v) is 20.0. The van der Waals surface area contributed by atoms with Gasteiger partial charge in [-0.05, 0) is 53.6 Å². The average Bonchev–Trinajstić information content (AvgIpc) is 3.30. The Morgan fingerprint density at radius 2 is 1.53 bits per heavy atom. The van der Waals surface area contributed by atoms with Crippen LogP contribution in [0.15, 0.2) is 72.9 Å². The van der Waals surface area contributed by atoms with Crippen LogP contribution in [-0.2, 0) is 6.54 Å². The first-order valence-electron chi connectivity index (χ1n) is 11.3. The number of ether oxygens (including phenoxy) is 3. The third kappa shape index (κ3) is 3.94. The minimum atomic E-state index is -0.774. The van der Waals surface area contributed by atoms with Gasteiger partial charge in [0.1, 0.15) is 11.6 Å². The van der Waals surface area contributed by atoms with Crippen molar-refractivity contribution in [2.45, 2.75) is 12.6 Å². The standard InChI is InChI=1S/C28H24F2N2O4/c1-34-24-13-19(14-25(35-2)27(24)36-3)28(33)32-16-17-7-4-5-8-22(17)31-10-6-9-23(31)26(32)18-11-20(29)15-21(30)12-18/h4-15,26H,16H2,1-3H3. The zero-order chi connectivity index (χ0) is 25.4. The SMILES string of the molecule is COc1cc(C(=O)N2Cc3ccccc3-n3cccc3C2c2cc(F)cc(F)c2)cc(OC)c1OC. The van der Waals surface area contributed by atoms with Gasteiger partial charge in [0.05, 0.1) is 33.1 Å². The maximum Gasteiger partial charge on any atom is 0.255 e. The van der Waals surface area contributed by atoms with E-state index in [1.165, 1.54) is 33.5 Å². The van der Waals surface area contributed by atoms with Crippen molar-refractivity contribution in [1.29, 1.82) is 0 Å². The molecule has 0 radical (unpaired) electrons. The second kappa shape index (κ2) is 9.37. The van der Waals surface area contributed by atoms with Crippen molar-refractivity contribution in [3.8, 4) is 22.9 Å². The van der Waals surface area contributed by atoms with Gasteiger partial charge in [-0.2, -0.15) is 0 Å². The van der Waals surface area contributed by atoms with E-state index in [1.807, 2.05) is 47.2 Å². The maximum atomic E-state index is 14.4. The number of benzene rings is 3. The molecule has 1 amide bonds. The Morgan fingerprint density at radius 1 is 0.861 bits per heavy atom. The summed E-state index contributed by atoms with van der Waals surface area (Å²) in [5.74, 6) is -0.793. The Kier molecular flexibility index (Phi) is 6.10. The summed E-state index contributed by atoms with van der Waals surface area (Å²) in [6.07, 6.45) is 1.88. The molecule has 0 bridgehead atoms. The molecule has 184 valence electrons. The number of halogens is 2. The molecular formula is C28H24F2N2O4. The number of aromatic nitrogens is 1. The van der Waals surface area contributed by atoms with Gasteiger partial charge in [0.2, 0.25) is 5.75 Å². The van der Waals surface area contributed by atoms with Crippen LogP contribution in [0.2, 0.25) is 0 Å². The van der Waals surface area contributed by atoms with Crippen LogP contribution in [0, 0.1) is 11.6 Å². The highest BCUT2D eigenvalue weighted by Gasteiger charge is 2.34. The Morgan fingerprint density at radius 3 is 2.17 bits per heavy atom. The molecule has 2 heterocycles. The third-order valence-corrected chi connectivity index (χ3v) is 6.34. The Labute approximate surface area is 207 Å². The highest BCUT2D eigenvalue weighted by Crippen LogP contribution is 2.41. The molecule has 3 aromatic carbocycles. The fourth-order valence-electron chi connectivity index (χ4n) is 4.79. The molecular weight excluding hydrogens is 466 g/mol. The average molecular weight is 491 g/mol. The lowest BCUT2D eigenvalue weighted by atomic mass is 9.99. The van der Waals surface area contributed by atoms with E-state index < -0.39 is 17.7 Å². The normalized spacial score (nSPS) is 14.5. The summed E-state index contributed by atoms with van der Waals surface area (Å²) in [6.45, 7) is 0.205. The van der Waals surface area contributed by atoms with E-state index in [9.17, 15) is 13.6 Å². The molecule has 0 fully saturated rings. The largest absolute Gasteiger partial charge is 0.493 e. The first-order valence-corrected chi connectivity index (χ1v) is 11.3. The number of methoxy groups -OCH3 is 3. The van der Waals surface area contributed by atoms with Crippen LogP contribution in [0.4, 0.5) is 8.78 Å². The van der Waals surface area contributed by atoms with Gasteiger partial charge in [-0.25, -0.2) is 8.78 Å². The maximum absolute atomic E-state index is 14.4. The highest BCUT2D eigenvalue weighted by atomic mass is 19.1. The number of rotatable bonds is 5. The number of amides is 1. The van der Waals surface area contributed by atoms with Gasteiger partial charge in [-0.15, -0.1) is 0 Å². The van der Waals surface area contributed by atoms with E-state index in [-0.39, 0.29) is 18.0 Å². The van der Waals surface area contributed by atoms with Gasteiger partial charge in [0, 0.05) is 30.1 Å². The molecule has 1 atom stereocenters. The van der Waals surface area contributed by atoms with Gasteiger partial charge in [-0.1, -0.05) is 18.2 Å². The molecule has 0 saturated carbocycles. The molecule has 0 N–H and O–H groups in total. The van der Waals surface area contributed by atoms with Gasteiger partial charge < -0.3 is 23.7 Å². The Bertz CT molecular complexity index is 1400. The van der Waals surface area contributed by atoms with Crippen molar-refractivity contribution in [2.24, 2.45) is 0 Å².